The maximum absolute atomic E-state index is 12.5. The molecule has 0 spiro atoms. The molecule has 0 aromatic carbocycles. The summed E-state index contributed by atoms with van der Waals surface area (Å²) >= 11 is 0. The number of rotatable bonds is 6. The molecule has 1 N–H and O–H groups in total. The van der Waals surface area contributed by atoms with Gasteiger partial charge in [0.15, 0.2) is 0 Å². The summed E-state index contributed by atoms with van der Waals surface area (Å²) in [6.07, 6.45) is 8.17. The van der Waals surface area contributed by atoms with E-state index in [4.69, 9.17) is 0 Å². The molecule has 1 saturated carbocycles. The van der Waals surface area contributed by atoms with Crippen LogP contribution in [0.4, 0.5) is 0 Å². The Labute approximate surface area is 114 Å². The predicted molar refractivity (Wildman–Crippen MR) is 70.4 cm³/mol. The van der Waals surface area contributed by atoms with Gasteiger partial charge in [-0.3, -0.25) is 14.8 Å². The fraction of sp³-hybridized carbons (Fsp3) is 0.857. The molecule has 0 aromatic heterocycles. The number of carbonyl (C=O) groups is 2. The third-order valence-corrected chi connectivity index (χ3v) is 4.39. The van der Waals surface area contributed by atoms with E-state index in [1.165, 1.54) is 25.7 Å². The van der Waals surface area contributed by atoms with E-state index < -0.39 is 0 Å². The monoisotopic (exact) mass is 268 g/mol. The molecule has 2 amide bonds. The van der Waals surface area contributed by atoms with Gasteiger partial charge in [-0.15, -0.1) is 0 Å². The Morgan fingerprint density at radius 2 is 1.89 bits per heavy atom. The Morgan fingerprint density at radius 1 is 1.26 bits per heavy atom. The first-order chi connectivity index (χ1) is 9.20. The van der Waals surface area contributed by atoms with Crippen molar-refractivity contribution in [2.45, 2.75) is 44.9 Å². The van der Waals surface area contributed by atoms with Crippen LogP contribution in [0.2, 0.25) is 0 Å². The molecule has 108 valence electrons. The zero-order chi connectivity index (χ0) is 13.7. The minimum Gasteiger partial charge on any atom is -0.342 e. The summed E-state index contributed by atoms with van der Waals surface area (Å²) in [4.78, 5) is 24.9. The number of hydrogen-bond acceptors (Lipinski definition) is 3. The molecule has 19 heavy (non-hydrogen) atoms. The van der Waals surface area contributed by atoms with Gasteiger partial charge in [0, 0.05) is 13.1 Å². The Morgan fingerprint density at radius 3 is 2.47 bits per heavy atom. The maximum Gasteiger partial charge on any atom is 0.233 e. The molecule has 1 atom stereocenters. The minimum atomic E-state index is -0.239. The molecule has 1 aliphatic carbocycles. The highest BCUT2D eigenvalue weighted by atomic mass is 16.5. The van der Waals surface area contributed by atoms with Gasteiger partial charge in [-0.25, -0.2) is 5.06 Å². The van der Waals surface area contributed by atoms with Crippen LogP contribution in [-0.4, -0.2) is 47.1 Å². The topological polar surface area (TPSA) is 60.9 Å². The van der Waals surface area contributed by atoms with E-state index in [-0.39, 0.29) is 18.4 Å². The van der Waals surface area contributed by atoms with Crippen LogP contribution in [0.25, 0.3) is 0 Å². The average Bonchev–Trinajstić information content (AvgIpc) is 3.09. The second kappa shape index (κ2) is 6.89. The molecule has 0 aromatic rings. The van der Waals surface area contributed by atoms with Crippen LogP contribution < -0.4 is 0 Å². The lowest BCUT2D eigenvalue weighted by Gasteiger charge is -2.26. The highest BCUT2D eigenvalue weighted by Gasteiger charge is 2.30. The van der Waals surface area contributed by atoms with Crippen molar-refractivity contribution in [1.29, 1.82) is 0 Å². The molecule has 2 aliphatic rings. The van der Waals surface area contributed by atoms with Crippen LogP contribution in [0, 0.1) is 11.8 Å². The van der Waals surface area contributed by atoms with E-state index in [2.05, 4.69) is 0 Å². The molecule has 1 saturated heterocycles. The zero-order valence-electron chi connectivity index (χ0n) is 11.5. The second-order valence-corrected chi connectivity index (χ2v) is 5.84. The van der Waals surface area contributed by atoms with Crippen LogP contribution in [0.3, 0.4) is 0 Å². The van der Waals surface area contributed by atoms with Gasteiger partial charge < -0.3 is 4.90 Å². The first-order valence-electron chi connectivity index (χ1n) is 7.40. The largest absolute Gasteiger partial charge is 0.342 e. The average molecular weight is 268 g/mol. The van der Waals surface area contributed by atoms with Gasteiger partial charge in [-0.1, -0.05) is 25.7 Å². The van der Waals surface area contributed by atoms with E-state index in [0.29, 0.717) is 17.4 Å². The zero-order valence-corrected chi connectivity index (χ0v) is 11.5. The van der Waals surface area contributed by atoms with Gasteiger partial charge >= 0.3 is 0 Å². The SMILES string of the molecule is O=CN(O)C[C@@H](CC1CCCC1)C(=O)N1CCCC1. The molecule has 1 heterocycles. The van der Waals surface area contributed by atoms with Gasteiger partial charge in [0.1, 0.15) is 0 Å². The molecule has 1 aliphatic heterocycles. The lowest BCUT2D eigenvalue weighted by atomic mass is 9.92. The van der Waals surface area contributed by atoms with Gasteiger partial charge in [0.25, 0.3) is 0 Å². The number of likely N-dealkylation sites (tertiary alicyclic amines) is 1. The Bertz CT molecular complexity index is 310. The van der Waals surface area contributed by atoms with Gasteiger partial charge in [-0.05, 0) is 25.2 Å². The van der Waals surface area contributed by atoms with Gasteiger partial charge in [0.05, 0.1) is 12.5 Å². The quantitative estimate of drug-likeness (QED) is 0.453. The molecular weight excluding hydrogens is 244 g/mol. The van der Waals surface area contributed by atoms with Crippen molar-refractivity contribution in [2.75, 3.05) is 19.6 Å². The summed E-state index contributed by atoms with van der Waals surface area (Å²) in [6.45, 7) is 1.79. The summed E-state index contributed by atoms with van der Waals surface area (Å²) in [7, 11) is 0. The molecule has 0 bridgehead atoms. The molecule has 5 heteroatoms. The number of amides is 2. The highest BCUT2D eigenvalue weighted by Crippen LogP contribution is 2.31. The first kappa shape index (κ1) is 14.3. The van der Waals surface area contributed by atoms with Crippen molar-refractivity contribution < 1.29 is 14.8 Å². The lowest BCUT2D eigenvalue weighted by Crippen LogP contribution is -2.40. The summed E-state index contributed by atoms with van der Waals surface area (Å²) < 4.78 is 0. The molecule has 0 unspecified atom stereocenters. The third kappa shape index (κ3) is 3.93. The summed E-state index contributed by atoms with van der Waals surface area (Å²) in [5.74, 6) is 0.457. The van der Waals surface area contributed by atoms with Crippen molar-refractivity contribution in [3.8, 4) is 0 Å². The predicted octanol–water partition coefficient (Wildman–Crippen LogP) is 1.65. The highest BCUT2D eigenvalue weighted by molar-refractivity contribution is 5.79. The Kier molecular flexibility index (Phi) is 5.19. The summed E-state index contributed by atoms with van der Waals surface area (Å²) in [5, 5.41) is 10.0. The smallest absolute Gasteiger partial charge is 0.233 e. The van der Waals surface area contributed by atoms with E-state index in [0.717, 1.165) is 32.4 Å². The van der Waals surface area contributed by atoms with Crippen LogP contribution in [0.15, 0.2) is 0 Å². The minimum absolute atomic E-state index is 0.116. The van der Waals surface area contributed by atoms with Crippen LogP contribution in [0.1, 0.15) is 44.9 Å². The summed E-state index contributed by atoms with van der Waals surface area (Å²) in [6, 6.07) is 0. The Balaban J connectivity index is 1.94. The van der Waals surface area contributed by atoms with Crippen LogP contribution in [0.5, 0.6) is 0 Å². The van der Waals surface area contributed by atoms with E-state index in [1.807, 2.05) is 4.90 Å². The lowest BCUT2D eigenvalue weighted by molar-refractivity contribution is -0.157. The van der Waals surface area contributed by atoms with Crippen molar-refractivity contribution in [1.82, 2.24) is 9.96 Å². The number of hydrogen-bond donors (Lipinski definition) is 1. The summed E-state index contributed by atoms with van der Waals surface area (Å²) in [5.41, 5.74) is 0. The number of nitrogens with zero attached hydrogens (tertiary/aromatic N) is 2. The number of hydroxylamine groups is 2. The third-order valence-electron chi connectivity index (χ3n) is 4.39. The van der Waals surface area contributed by atoms with Crippen molar-refractivity contribution in [3.05, 3.63) is 0 Å². The van der Waals surface area contributed by atoms with Crippen LogP contribution >= 0.6 is 0 Å². The maximum atomic E-state index is 12.5. The number of carbonyl (C=O) groups excluding carboxylic acids is 2. The molecule has 2 fully saturated rings. The molecule has 5 nitrogen and oxygen atoms in total. The van der Waals surface area contributed by atoms with Crippen molar-refractivity contribution >= 4 is 12.3 Å². The normalized spacial score (nSPS) is 21.6. The molecule has 2 rings (SSSR count). The van der Waals surface area contributed by atoms with E-state index >= 15 is 0 Å². The van der Waals surface area contributed by atoms with Gasteiger partial charge in [-0.2, -0.15) is 0 Å². The Hall–Kier alpha value is -1.10. The first-order valence-corrected chi connectivity index (χ1v) is 7.40. The van der Waals surface area contributed by atoms with Crippen LogP contribution in [-0.2, 0) is 9.59 Å². The van der Waals surface area contributed by atoms with Crippen molar-refractivity contribution in [3.63, 3.8) is 0 Å². The fourth-order valence-electron chi connectivity index (χ4n) is 3.37. The second-order valence-electron chi connectivity index (χ2n) is 5.84. The molecule has 0 radical (unpaired) electrons. The molecular formula is C14H24N2O3. The van der Waals surface area contributed by atoms with E-state index in [1.54, 1.807) is 0 Å². The fourth-order valence-corrected chi connectivity index (χ4v) is 3.37. The van der Waals surface area contributed by atoms with Crippen molar-refractivity contribution in [2.24, 2.45) is 11.8 Å². The standard InChI is InChI=1S/C14H24N2O3/c17-11-16(19)10-13(9-12-5-1-2-6-12)14(18)15-7-3-4-8-15/h11-13,19H,1-10H2/t13-/m1/s1. The van der Waals surface area contributed by atoms with E-state index in [9.17, 15) is 14.8 Å². The van der Waals surface area contributed by atoms with Gasteiger partial charge in [0.2, 0.25) is 12.3 Å².